The monoisotopic (exact) mass is 364 g/mol. The summed E-state index contributed by atoms with van der Waals surface area (Å²) >= 11 is 13.6. The number of hydrogen-bond acceptors (Lipinski definition) is 4. The van der Waals surface area contributed by atoms with Crippen molar-refractivity contribution in [2.75, 3.05) is 0 Å². The van der Waals surface area contributed by atoms with Gasteiger partial charge in [0.05, 0.1) is 5.02 Å². The normalized spacial score (nSPS) is 11.8. The fourth-order valence-corrected chi connectivity index (χ4v) is 4.58. The van der Waals surface area contributed by atoms with Gasteiger partial charge in [-0.1, -0.05) is 23.2 Å². The minimum Gasteiger partial charge on any atom is -0.326 e. The van der Waals surface area contributed by atoms with Gasteiger partial charge in [0.1, 0.15) is 4.90 Å². The van der Waals surface area contributed by atoms with E-state index in [-0.39, 0.29) is 23.0 Å². The highest BCUT2D eigenvalue weighted by Gasteiger charge is 2.21. The van der Waals surface area contributed by atoms with E-state index in [0.29, 0.717) is 10.6 Å². The van der Waals surface area contributed by atoms with Crippen LogP contribution in [0.15, 0.2) is 27.8 Å². The van der Waals surface area contributed by atoms with Gasteiger partial charge in [0, 0.05) is 23.7 Å². The largest absolute Gasteiger partial charge is 0.326 e. The Labute approximate surface area is 137 Å². The summed E-state index contributed by atoms with van der Waals surface area (Å²) in [5, 5.41) is 4.30. The molecule has 21 heavy (non-hydrogen) atoms. The van der Waals surface area contributed by atoms with Crippen molar-refractivity contribution in [1.82, 2.24) is 4.72 Å². The van der Waals surface area contributed by atoms with Crippen molar-refractivity contribution in [2.45, 2.75) is 24.9 Å². The average molecular weight is 365 g/mol. The standard InChI is InChI=1S/C13H14Cl2N2O2S2/c1-8-6-20-7-9(8)5-17-21(18,19)12-3-2-11(14)10(4-16)13(12)15/h2-3,6-7,17H,4-5,16H2,1H3. The maximum Gasteiger partial charge on any atom is 0.242 e. The van der Waals surface area contributed by atoms with Crippen molar-refractivity contribution in [3.63, 3.8) is 0 Å². The third kappa shape index (κ3) is 3.59. The molecule has 0 aliphatic heterocycles. The first-order chi connectivity index (χ1) is 9.86. The highest BCUT2D eigenvalue weighted by Crippen LogP contribution is 2.30. The van der Waals surface area contributed by atoms with Crippen LogP contribution in [0.25, 0.3) is 0 Å². The first-order valence-electron chi connectivity index (χ1n) is 6.05. The number of aryl methyl sites for hydroxylation is 1. The second-order valence-electron chi connectivity index (χ2n) is 4.45. The number of nitrogens with two attached hydrogens (primary N) is 1. The molecule has 0 saturated carbocycles. The number of hydrogen-bond donors (Lipinski definition) is 2. The highest BCUT2D eigenvalue weighted by atomic mass is 35.5. The Hall–Kier alpha value is -0.630. The van der Waals surface area contributed by atoms with Crippen LogP contribution >= 0.6 is 34.5 Å². The number of benzene rings is 1. The van der Waals surface area contributed by atoms with Gasteiger partial charge in [0.25, 0.3) is 0 Å². The lowest BCUT2D eigenvalue weighted by Crippen LogP contribution is -2.24. The van der Waals surface area contributed by atoms with Crippen LogP contribution in [0.4, 0.5) is 0 Å². The first kappa shape index (κ1) is 16.7. The van der Waals surface area contributed by atoms with Crippen LogP contribution in [0.1, 0.15) is 16.7 Å². The molecule has 0 aliphatic carbocycles. The topological polar surface area (TPSA) is 72.2 Å². The summed E-state index contributed by atoms with van der Waals surface area (Å²) < 4.78 is 27.3. The Morgan fingerprint density at radius 2 is 2.00 bits per heavy atom. The Morgan fingerprint density at radius 3 is 2.57 bits per heavy atom. The zero-order valence-corrected chi connectivity index (χ0v) is 14.3. The summed E-state index contributed by atoms with van der Waals surface area (Å²) in [6.45, 7) is 2.22. The molecule has 4 nitrogen and oxygen atoms in total. The maximum atomic E-state index is 12.4. The smallest absolute Gasteiger partial charge is 0.242 e. The van der Waals surface area contributed by atoms with Crippen LogP contribution in [0.3, 0.4) is 0 Å². The molecular weight excluding hydrogens is 351 g/mol. The molecule has 0 bridgehead atoms. The van der Waals surface area contributed by atoms with E-state index in [0.717, 1.165) is 11.1 Å². The summed E-state index contributed by atoms with van der Waals surface area (Å²) in [5.74, 6) is 0. The SMILES string of the molecule is Cc1cscc1CNS(=O)(=O)c1ccc(Cl)c(CN)c1Cl. The zero-order valence-electron chi connectivity index (χ0n) is 11.2. The summed E-state index contributed by atoms with van der Waals surface area (Å²) in [7, 11) is -3.72. The van der Waals surface area contributed by atoms with E-state index < -0.39 is 10.0 Å². The third-order valence-corrected chi connectivity index (χ3v) is 6.31. The van der Waals surface area contributed by atoms with E-state index in [9.17, 15) is 8.42 Å². The molecule has 0 spiro atoms. The molecule has 2 rings (SSSR count). The minimum atomic E-state index is -3.72. The van der Waals surface area contributed by atoms with Crippen molar-refractivity contribution < 1.29 is 8.42 Å². The second-order valence-corrected chi connectivity index (χ2v) is 7.71. The fourth-order valence-electron chi connectivity index (χ4n) is 1.79. The zero-order chi connectivity index (χ0) is 15.6. The van der Waals surface area contributed by atoms with Crippen molar-refractivity contribution >= 4 is 44.6 Å². The van der Waals surface area contributed by atoms with Crippen molar-refractivity contribution in [1.29, 1.82) is 0 Å². The lowest BCUT2D eigenvalue weighted by Gasteiger charge is -2.12. The fraction of sp³-hybridized carbons (Fsp3) is 0.231. The molecule has 0 unspecified atom stereocenters. The number of sulfonamides is 1. The van der Waals surface area contributed by atoms with Gasteiger partial charge in [-0.15, -0.1) is 0 Å². The predicted molar refractivity (Wildman–Crippen MR) is 87.4 cm³/mol. The van der Waals surface area contributed by atoms with E-state index in [1.54, 1.807) is 0 Å². The summed E-state index contributed by atoms with van der Waals surface area (Å²) in [6, 6.07) is 2.87. The van der Waals surface area contributed by atoms with E-state index in [1.807, 2.05) is 17.7 Å². The van der Waals surface area contributed by atoms with Gasteiger partial charge in [-0.2, -0.15) is 11.3 Å². The molecule has 0 radical (unpaired) electrons. The molecule has 0 atom stereocenters. The molecule has 1 heterocycles. The van der Waals surface area contributed by atoms with Crippen molar-refractivity contribution in [3.8, 4) is 0 Å². The highest BCUT2D eigenvalue weighted by molar-refractivity contribution is 7.89. The predicted octanol–water partition coefficient (Wildman–Crippen LogP) is 3.30. The van der Waals surface area contributed by atoms with Crippen molar-refractivity contribution in [3.05, 3.63) is 49.6 Å². The van der Waals surface area contributed by atoms with E-state index in [4.69, 9.17) is 28.9 Å². The van der Waals surface area contributed by atoms with Crippen LogP contribution in [0, 0.1) is 6.92 Å². The molecule has 0 aliphatic rings. The van der Waals surface area contributed by atoms with Crippen molar-refractivity contribution in [2.24, 2.45) is 5.73 Å². The summed E-state index contributed by atoms with van der Waals surface area (Å²) in [4.78, 5) is -0.0121. The second kappa shape index (κ2) is 6.64. The lowest BCUT2D eigenvalue weighted by molar-refractivity contribution is 0.581. The maximum absolute atomic E-state index is 12.4. The average Bonchev–Trinajstić information content (AvgIpc) is 2.82. The molecule has 0 fully saturated rings. The summed E-state index contributed by atoms with van der Waals surface area (Å²) in [5.41, 5.74) is 7.96. The Morgan fingerprint density at radius 1 is 1.29 bits per heavy atom. The Balaban J connectivity index is 2.30. The summed E-state index contributed by atoms with van der Waals surface area (Å²) in [6.07, 6.45) is 0. The Kier molecular flexibility index (Phi) is 5.29. The van der Waals surface area contributed by atoms with Crippen LogP contribution < -0.4 is 10.5 Å². The molecule has 3 N–H and O–H groups in total. The van der Waals surface area contributed by atoms with Gasteiger partial charge in [0.2, 0.25) is 10.0 Å². The van der Waals surface area contributed by atoms with Crippen LogP contribution in [0.5, 0.6) is 0 Å². The van der Waals surface area contributed by atoms with Crippen LogP contribution in [-0.4, -0.2) is 8.42 Å². The number of rotatable bonds is 5. The third-order valence-electron chi connectivity index (χ3n) is 3.06. The molecule has 0 amide bonds. The van der Waals surface area contributed by atoms with Gasteiger partial charge in [0.15, 0.2) is 0 Å². The van der Waals surface area contributed by atoms with E-state index in [1.165, 1.54) is 23.5 Å². The van der Waals surface area contributed by atoms with Gasteiger partial charge in [-0.05, 0) is 40.9 Å². The van der Waals surface area contributed by atoms with Crippen LogP contribution in [0.2, 0.25) is 10.0 Å². The van der Waals surface area contributed by atoms with E-state index in [2.05, 4.69) is 4.72 Å². The molecule has 1 aromatic heterocycles. The van der Waals surface area contributed by atoms with Crippen LogP contribution in [-0.2, 0) is 23.1 Å². The first-order valence-corrected chi connectivity index (χ1v) is 9.23. The Bertz CT molecular complexity index is 758. The number of thiophene rings is 1. The van der Waals surface area contributed by atoms with Gasteiger partial charge in [-0.25, -0.2) is 13.1 Å². The quantitative estimate of drug-likeness (QED) is 0.854. The molecule has 0 saturated heterocycles. The lowest BCUT2D eigenvalue weighted by atomic mass is 10.2. The number of halogens is 2. The molecule has 8 heteroatoms. The minimum absolute atomic E-state index is 0.0121. The van der Waals surface area contributed by atoms with Gasteiger partial charge in [-0.3, -0.25) is 0 Å². The molecular formula is C13H14Cl2N2O2S2. The molecule has 2 aromatic rings. The molecule has 1 aromatic carbocycles. The van der Waals surface area contributed by atoms with E-state index >= 15 is 0 Å². The van der Waals surface area contributed by atoms with Gasteiger partial charge < -0.3 is 5.73 Å². The molecule has 114 valence electrons. The number of nitrogens with one attached hydrogen (secondary N) is 1. The van der Waals surface area contributed by atoms with Gasteiger partial charge >= 0.3 is 0 Å².